The molecule has 7 heteroatoms. The Hall–Kier alpha value is -2.85. The normalized spacial score (nSPS) is 12.0. The summed E-state index contributed by atoms with van der Waals surface area (Å²) < 4.78 is 28.6. The number of ether oxygens (including phenoxy) is 1. The van der Waals surface area contributed by atoms with E-state index < -0.39 is 21.8 Å². The van der Waals surface area contributed by atoms with Crippen molar-refractivity contribution in [1.82, 2.24) is 0 Å². The van der Waals surface area contributed by atoms with Gasteiger partial charge >= 0.3 is 0 Å². The summed E-state index contributed by atoms with van der Waals surface area (Å²) in [4.78, 5) is 12.3. The lowest BCUT2D eigenvalue weighted by Crippen LogP contribution is -2.30. The standard InChI is InChI=1S/C17H16N2O4S/c1-12(23-15-8-6-13(11-18)7-9-15)17(20)19-14-4-3-5-16(10-14)24(2,21)22/h3-10,12H,1-2H3,(H,19,20)/t12-/m1/s1. The number of nitriles is 1. The second kappa shape index (κ2) is 7.15. The zero-order valence-electron chi connectivity index (χ0n) is 13.2. The maximum atomic E-state index is 12.2. The van der Waals surface area contributed by atoms with Crippen molar-refractivity contribution in [3.8, 4) is 11.8 Å². The molecule has 0 heterocycles. The molecule has 0 spiro atoms. The third kappa shape index (κ3) is 4.57. The van der Waals surface area contributed by atoms with Crippen LogP contribution in [0.2, 0.25) is 0 Å². The second-order valence-electron chi connectivity index (χ2n) is 5.19. The molecule has 0 aromatic heterocycles. The molecule has 0 saturated heterocycles. The Morgan fingerprint density at radius 3 is 2.46 bits per heavy atom. The van der Waals surface area contributed by atoms with E-state index in [0.29, 0.717) is 17.0 Å². The van der Waals surface area contributed by atoms with Crippen molar-refractivity contribution in [1.29, 1.82) is 5.26 Å². The number of amides is 1. The van der Waals surface area contributed by atoms with E-state index in [1.807, 2.05) is 6.07 Å². The molecule has 0 unspecified atom stereocenters. The first kappa shape index (κ1) is 17.5. The fourth-order valence-corrected chi connectivity index (χ4v) is 2.58. The van der Waals surface area contributed by atoms with E-state index in [0.717, 1.165) is 6.26 Å². The molecule has 0 aliphatic carbocycles. The van der Waals surface area contributed by atoms with Crippen LogP contribution in [0.1, 0.15) is 12.5 Å². The van der Waals surface area contributed by atoms with Crippen LogP contribution in [0.3, 0.4) is 0 Å². The van der Waals surface area contributed by atoms with Crippen molar-refractivity contribution in [3.63, 3.8) is 0 Å². The van der Waals surface area contributed by atoms with Crippen LogP contribution in [0.15, 0.2) is 53.4 Å². The molecular weight excluding hydrogens is 328 g/mol. The Balaban J connectivity index is 2.05. The molecule has 0 aliphatic heterocycles. The Labute approximate surface area is 140 Å². The lowest BCUT2D eigenvalue weighted by atomic mass is 10.2. The van der Waals surface area contributed by atoms with E-state index in [1.165, 1.54) is 12.1 Å². The lowest BCUT2D eigenvalue weighted by Gasteiger charge is -2.15. The average Bonchev–Trinajstić information content (AvgIpc) is 2.55. The Morgan fingerprint density at radius 1 is 1.21 bits per heavy atom. The van der Waals surface area contributed by atoms with Gasteiger partial charge in [-0.25, -0.2) is 8.42 Å². The number of sulfone groups is 1. The summed E-state index contributed by atoms with van der Waals surface area (Å²) in [5, 5.41) is 11.4. The molecule has 1 amide bonds. The van der Waals surface area contributed by atoms with Gasteiger partial charge in [0.1, 0.15) is 5.75 Å². The summed E-state index contributed by atoms with van der Waals surface area (Å²) in [5.41, 5.74) is 0.871. The van der Waals surface area contributed by atoms with Gasteiger partial charge in [-0.15, -0.1) is 0 Å². The zero-order chi connectivity index (χ0) is 17.7. The number of anilines is 1. The maximum Gasteiger partial charge on any atom is 0.265 e. The Morgan fingerprint density at radius 2 is 1.88 bits per heavy atom. The number of hydrogen-bond donors (Lipinski definition) is 1. The van der Waals surface area contributed by atoms with Gasteiger partial charge < -0.3 is 10.1 Å². The average molecular weight is 344 g/mol. The highest BCUT2D eigenvalue weighted by molar-refractivity contribution is 7.90. The number of hydrogen-bond acceptors (Lipinski definition) is 5. The Kier molecular flexibility index (Phi) is 5.21. The van der Waals surface area contributed by atoms with E-state index in [4.69, 9.17) is 10.00 Å². The van der Waals surface area contributed by atoms with E-state index in [-0.39, 0.29) is 4.90 Å². The summed E-state index contributed by atoms with van der Waals surface area (Å²) in [7, 11) is -3.35. The first-order valence-electron chi connectivity index (χ1n) is 7.07. The van der Waals surface area contributed by atoms with E-state index >= 15 is 0 Å². The van der Waals surface area contributed by atoms with E-state index in [1.54, 1.807) is 43.3 Å². The van der Waals surface area contributed by atoms with Crippen molar-refractivity contribution < 1.29 is 17.9 Å². The van der Waals surface area contributed by atoms with Crippen LogP contribution in [0, 0.1) is 11.3 Å². The fraction of sp³-hybridized carbons (Fsp3) is 0.176. The monoisotopic (exact) mass is 344 g/mol. The lowest BCUT2D eigenvalue weighted by molar-refractivity contribution is -0.122. The molecule has 2 aromatic rings. The number of carbonyl (C=O) groups excluding carboxylic acids is 1. The van der Waals surface area contributed by atoms with Gasteiger partial charge in [-0.05, 0) is 49.4 Å². The highest BCUT2D eigenvalue weighted by Gasteiger charge is 2.16. The van der Waals surface area contributed by atoms with Crippen LogP contribution in [-0.4, -0.2) is 26.7 Å². The molecular formula is C17H16N2O4S. The van der Waals surface area contributed by atoms with Crippen molar-refractivity contribution >= 4 is 21.4 Å². The predicted octanol–water partition coefficient (Wildman–Crippen LogP) is 2.37. The quantitative estimate of drug-likeness (QED) is 0.898. The van der Waals surface area contributed by atoms with Crippen LogP contribution in [-0.2, 0) is 14.6 Å². The molecule has 1 atom stereocenters. The van der Waals surface area contributed by atoms with Crippen LogP contribution in [0.5, 0.6) is 5.75 Å². The highest BCUT2D eigenvalue weighted by Crippen LogP contribution is 2.17. The molecule has 0 fully saturated rings. The molecule has 124 valence electrons. The van der Waals surface area contributed by atoms with Gasteiger partial charge in [0.2, 0.25) is 0 Å². The fourth-order valence-electron chi connectivity index (χ4n) is 1.91. The minimum absolute atomic E-state index is 0.126. The largest absolute Gasteiger partial charge is 0.481 e. The topological polar surface area (TPSA) is 96.3 Å². The van der Waals surface area contributed by atoms with Crippen LogP contribution < -0.4 is 10.1 Å². The van der Waals surface area contributed by atoms with Gasteiger partial charge in [0.15, 0.2) is 15.9 Å². The van der Waals surface area contributed by atoms with E-state index in [2.05, 4.69) is 5.32 Å². The molecule has 1 N–H and O–H groups in total. The van der Waals surface area contributed by atoms with Gasteiger partial charge in [-0.2, -0.15) is 5.26 Å². The van der Waals surface area contributed by atoms with E-state index in [9.17, 15) is 13.2 Å². The summed E-state index contributed by atoms with van der Waals surface area (Å²) in [6.45, 7) is 1.58. The smallest absolute Gasteiger partial charge is 0.265 e. The molecule has 0 bridgehead atoms. The number of benzene rings is 2. The third-order valence-corrected chi connectivity index (χ3v) is 4.31. The molecule has 2 rings (SSSR count). The summed E-state index contributed by atoms with van der Waals surface area (Å²) in [6, 6.07) is 14.4. The first-order valence-corrected chi connectivity index (χ1v) is 8.96. The SMILES string of the molecule is C[C@@H](Oc1ccc(C#N)cc1)C(=O)Nc1cccc(S(C)(=O)=O)c1. The molecule has 0 aliphatic rings. The summed E-state index contributed by atoms with van der Waals surface area (Å²) >= 11 is 0. The number of nitrogens with one attached hydrogen (secondary N) is 1. The van der Waals surface area contributed by atoms with Gasteiger partial charge in [0, 0.05) is 11.9 Å². The van der Waals surface area contributed by atoms with Crippen LogP contribution in [0.25, 0.3) is 0 Å². The maximum absolute atomic E-state index is 12.2. The molecule has 24 heavy (non-hydrogen) atoms. The van der Waals surface area contributed by atoms with Gasteiger partial charge in [-0.3, -0.25) is 4.79 Å². The van der Waals surface area contributed by atoms with Crippen LogP contribution in [0.4, 0.5) is 5.69 Å². The zero-order valence-corrected chi connectivity index (χ0v) is 14.0. The number of rotatable bonds is 5. The van der Waals surface area contributed by atoms with Gasteiger partial charge in [-0.1, -0.05) is 6.07 Å². The van der Waals surface area contributed by atoms with Gasteiger partial charge in [0.25, 0.3) is 5.91 Å². The molecule has 2 aromatic carbocycles. The van der Waals surface area contributed by atoms with Crippen LogP contribution >= 0.6 is 0 Å². The minimum Gasteiger partial charge on any atom is -0.481 e. The Bertz CT molecular complexity index is 884. The van der Waals surface area contributed by atoms with Gasteiger partial charge in [0.05, 0.1) is 16.5 Å². The predicted molar refractivity (Wildman–Crippen MR) is 89.4 cm³/mol. The minimum atomic E-state index is -3.35. The van der Waals surface area contributed by atoms with Crippen molar-refractivity contribution in [2.24, 2.45) is 0 Å². The molecule has 0 saturated carbocycles. The third-order valence-electron chi connectivity index (χ3n) is 3.20. The number of carbonyl (C=O) groups is 1. The summed E-state index contributed by atoms with van der Waals surface area (Å²) in [5.74, 6) is 0.0477. The summed E-state index contributed by atoms with van der Waals surface area (Å²) in [6.07, 6.45) is 0.310. The van der Waals surface area contributed by atoms with Crippen molar-refractivity contribution in [3.05, 3.63) is 54.1 Å². The molecule has 6 nitrogen and oxygen atoms in total. The van der Waals surface area contributed by atoms with Crippen molar-refractivity contribution in [2.45, 2.75) is 17.9 Å². The number of nitrogens with zero attached hydrogens (tertiary/aromatic N) is 1. The van der Waals surface area contributed by atoms with Crippen molar-refractivity contribution in [2.75, 3.05) is 11.6 Å². The highest BCUT2D eigenvalue weighted by atomic mass is 32.2. The second-order valence-corrected chi connectivity index (χ2v) is 7.20. The first-order chi connectivity index (χ1) is 11.3. The molecule has 0 radical (unpaired) electrons.